The van der Waals surface area contributed by atoms with Crippen LogP contribution in [0.5, 0.6) is 0 Å². The van der Waals surface area contributed by atoms with Crippen molar-refractivity contribution in [1.29, 1.82) is 0 Å². The van der Waals surface area contributed by atoms with Crippen molar-refractivity contribution in [3.05, 3.63) is 29.8 Å². The van der Waals surface area contributed by atoms with Gasteiger partial charge in [0.05, 0.1) is 6.26 Å². The van der Waals surface area contributed by atoms with Crippen LogP contribution in [0, 0.1) is 0 Å². The Kier molecular flexibility index (Phi) is 5.05. The second-order valence-electron chi connectivity index (χ2n) is 4.12. The van der Waals surface area contributed by atoms with E-state index in [2.05, 4.69) is 4.72 Å². The summed E-state index contributed by atoms with van der Waals surface area (Å²) in [5.41, 5.74) is 0.814. The van der Waals surface area contributed by atoms with Crippen molar-refractivity contribution in [2.45, 2.75) is 19.3 Å². The standard InChI is InChI=1S/C12H15NO5S/c1-19(17,18)13-10-7-5-9(6-8-10)11(14)3-2-4-12(15)16/h5-8,13H,2-4H2,1H3,(H,15,16). The normalized spacial score (nSPS) is 11.0. The van der Waals surface area contributed by atoms with Gasteiger partial charge >= 0.3 is 5.97 Å². The van der Waals surface area contributed by atoms with Crippen LogP contribution in [-0.4, -0.2) is 31.5 Å². The van der Waals surface area contributed by atoms with Crippen LogP contribution in [-0.2, 0) is 14.8 Å². The molecule has 2 N–H and O–H groups in total. The Morgan fingerprint density at radius 1 is 1.16 bits per heavy atom. The topological polar surface area (TPSA) is 101 Å². The first-order valence-corrected chi connectivity index (χ1v) is 7.50. The summed E-state index contributed by atoms with van der Waals surface area (Å²) in [6, 6.07) is 6.00. The van der Waals surface area contributed by atoms with E-state index < -0.39 is 16.0 Å². The molecule has 0 aliphatic heterocycles. The van der Waals surface area contributed by atoms with Gasteiger partial charge in [0.25, 0.3) is 0 Å². The number of carbonyl (C=O) groups is 2. The second kappa shape index (κ2) is 6.33. The Morgan fingerprint density at radius 2 is 1.74 bits per heavy atom. The van der Waals surface area contributed by atoms with E-state index in [9.17, 15) is 18.0 Å². The van der Waals surface area contributed by atoms with Crippen molar-refractivity contribution in [3.8, 4) is 0 Å². The van der Waals surface area contributed by atoms with Crippen LogP contribution >= 0.6 is 0 Å². The maximum absolute atomic E-state index is 11.7. The average Bonchev–Trinajstić information content (AvgIpc) is 2.27. The maximum atomic E-state index is 11.7. The molecule has 0 amide bonds. The van der Waals surface area contributed by atoms with Crippen LogP contribution in [0.1, 0.15) is 29.6 Å². The van der Waals surface area contributed by atoms with Crippen molar-refractivity contribution in [1.82, 2.24) is 0 Å². The first-order chi connectivity index (χ1) is 8.78. The summed E-state index contributed by atoms with van der Waals surface area (Å²) in [5.74, 6) is -1.09. The first kappa shape index (κ1) is 15.2. The largest absolute Gasteiger partial charge is 0.481 e. The van der Waals surface area contributed by atoms with Crippen molar-refractivity contribution in [3.63, 3.8) is 0 Å². The second-order valence-corrected chi connectivity index (χ2v) is 5.87. The highest BCUT2D eigenvalue weighted by Gasteiger charge is 2.08. The molecule has 6 nitrogen and oxygen atoms in total. The van der Waals surface area contributed by atoms with Gasteiger partial charge < -0.3 is 5.11 Å². The van der Waals surface area contributed by atoms with Crippen molar-refractivity contribution in [2.75, 3.05) is 11.0 Å². The van der Waals surface area contributed by atoms with Gasteiger partial charge in [-0.1, -0.05) is 0 Å². The van der Waals surface area contributed by atoms with Crippen LogP contribution in [0.4, 0.5) is 5.69 Å². The van der Waals surface area contributed by atoms with E-state index in [4.69, 9.17) is 5.11 Å². The predicted octanol–water partition coefficient (Wildman–Crippen LogP) is 1.50. The number of sulfonamides is 1. The Balaban J connectivity index is 2.60. The predicted molar refractivity (Wildman–Crippen MR) is 70.7 cm³/mol. The number of ketones is 1. The van der Waals surface area contributed by atoms with Crippen LogP contribution in [0.3, 0.4) is 0 Å². The SMILES string of the molecule is CS(=O)(=O)Nc1ccc(C(=O)CCCC(=O)O)cc1. The molecule has 1 rings (SSSR count). The number of aliphatic carboxylic acids is 1. The van der Waals surface area contributed by atoms with Gasteiger partial charge in [-0.25, -0.2) is 8.42 Å². The molecule has 104 valence electrons. The van der Waals surface area contributed by atoms with E-state index in [1.165, 1.54) is 24.3 Å². The van der Waals surface area contributed by atoms with E-state index in [-0.39, 0.29) is 25.0 Å². The minimum Gasteiger partial charge on any atom is -0.481 e. The van der Waals surface area contributed by atoms with E-state index >= 15 is 0 Å². The van der Waals surface area contributed by atoms with Crippen molar-refractivity contribution >= 4 is 27.5 Å². The van der Waals surface area contributed by atoms with Gasteiger partial charge in [0.15, 0.2) is 5.78 Å². The lowest BCUT2D eigenvalue weighted by Crippen LogP contribution is -2.09. The molecule has 19 heavy (non-hydrogen) atoms. The van der Waals surface area contributed by atoms with E-state index in [0.717, 1.165) is 6.26 Å². The third-order valence-corrected chi connectivity index (χ3v) is 2.91. The number of benzene rings is 1. The Hall–Kier alpha value is -1.89. The lowest BCUT2D eigenvalue weighted by atomic mass is 10.1. The van der Waals surface area contributed by atoms with E-state index in [0.29, 0.717) is 11.3 Å². The zero-order valence-electron chi connectivity index (χ0n) is 10.4. The number of anilines is 1. The number of Topliss-reactive ketones (excluding diaryl/α,β-unsaturated/α-hetero) is 1. The molecule has 0 aliphatic rings. The molecule has 0 unspecified atom stereocenters. The quantitative estimate of drug-likeness (QED) is 0.739. The minimum atomic E-state index is -3.33. The van der Waals surface area contributed by atoms with Gasteiger partial charge in [-0.15, -0.1) is 0 Å². The molecule has 0 saturated carbocycles. The third kappa shape index (κ3) is 6.01. The van der Waals surface area contributed by atoms with Crippen LogP contribution in [0.25, 0.3) is 0 Å². The molecule has 0 bridgehead atoms. The molecule has 1 aromatic carbocycles. The summed E-state index contributed by atoms with van der Waals surface area (Å²) in [6.45, 7) is 0. The molecule has 0 spiro atoms. The number of hydrogen-bond donors (Lipinski definition) is 2. The van der Waals surface area contributed by atoms with Crippen LogP contribution in [0.2, 0.25) is 0 Å². The highest BCUT2D eigenvalue weighted by atomic mass is 32.2. The van der Waals surface area contributed by atoms with E-state index in [1.54, 1.807) is 0 Å². The van der Waals surface area contributed by atoms with Crippen molar-refractivity contribution < 1.29 is 23.1 Å². The molecule has 0 fully saturated rings. The number of carboxylic acids is 1. The number of carboxylic acid groups (broad SMARTS) is 1. The highest BCUT2D eigenvalue weighted by Crippen LogP contribution is 2.13. The minimum absolute atomic E-state index is 0.0422. The number of nitrogens with one attached hydrogen (secondary N) is 1. The van der Waals surface area contributed by atoms with Crippen LogP contribution in [0.15, 0.2) is 24.3 Å². The summed E-state index contributed by atoms with van der Waals surface area (Å²) in [4.78, 5) is 22.0. The molecular weight excluding hydrogens is 270 g/mol. The summed E-state index contributed by atoms with van der Waals surface area (Å²) in [6.07, 6.45) is 1.44. The van der Waals surface area contributed by atoms with Gasteiger partial charge in [-0.2, -0.15) is 0 Å². The highest BCUT2D eigenvalue weighted by molar-refractivity contribution is 7.92. The zero-order chi connectivity index (χ0) is 14.5. The third-order valence-electron chi connectivity index (χ3n) is 2.30. The van der Waals surface area contributed by atoms with Gasteiger partial charge in [0.1, 0.15) is 0 Å². The summed E-state index contributed by atoms with van der Waals surface area (Å²) in [7, 11) is -3.33. The number of hydrogen-bond acceptors (Lipinski definition) is 4. The van der Waals surface area contributed by atoms with Crippen LogP contribution < -0.4 is 4.72 Å². The average molecular weight is 285 g/mol. The molecule has 7 heteroatoms. The Bertz CT molecular complexity index is 562. The van der Waals surface area contributed by atoms with E-state index in [1.807, 2.05) is 0 Å². The molecule has 1 aromatic rings. The number of rotatable bonds is 7. The molecule has 0 aromatic heterocycles. The summed E-state index contributed by atoms with van der Waals surface area (Å²) in [5, 5.41) is 8.47. The molecule has 0 atom stereocenters. The lowest BCUT2D eigenvalue weighted by Gasteiger charge is -2.05. The summed E-state index contributed by atoms with van der Waals surface area (Å²) >= 11 is 0. The van der Waals surface area contributed by atoms with Crippen molar-refractivity contribution in [2.24, 2.45) is 0 Å². The fourth-order valence-corrected chi connectivity index (χ4v) is 2.05. The first-order valence-electron chi connectivity index (χ1n) is 5.61. The van der Waals surface area contributed by atoms with Gasteiger partial charge in [-0.05, 0) is 30.7 Å². The fourth-order valence-electron chi connectivity index (χ4n) is 1.48. The monoisotopic (exact) mass is 285 g/mol. The molecule has 0 radical (unpaired) electrons. The Labute approximate surface area is 111 Å². The molecule has 0 saturated heterocycles. The maximum Gasteiger partial charge on any atom is 0.303 e. The van der Waals surface area contributed by atoms with Gasteiger partial charge in [0.2, 0.25) is 10.0 Å². The number of carbonyl (C=O) groups excluding carboxylic acids is 1. The molecule has 0 aliphatic carbocycles. The van der Waals surface area contributed by atoms with Gasteiger partial charge in [-0.3, -0.25) is 14.3 Å². The fraction of sp³-hybridized carbons (Fsp3) is 0.333. The lowest BCUT2D eigenvalue weighted by molar-refractivity contribution is -0.137. The molecule has 0 heterocycles. The zero-order valence-corrected chi connectivity index (χ0v) is 11.2. The molecular formula is C12H15NO5S. The summed E-state index contributed by atoms with van der Waals surface area (Å²) < 4.78 is 24.3. The van der Waals surface area contributed by atoms with Gasteiger partial charge in [0, 0.05) is 24.1 Å². The smallest absolute Gasteiger partial charge is 0.303 e. The Morgan fingerprint density at radius 3 is 2.21 bits per heavy atom.